The summed E-state index contributed by atoms with van der Waals surface area (Å²) in [6.45, 7) is 6.99. The minimum absolute atomic E-state index is 0.0893. The molecule has 1 aromatic carbocycles. The highest BCUT2D eigenvalue weighted by atomic mass is 35.5. The van der Waals surface area contributed by atoms with Gasteiger partial charge in [-0.2, -0.15) is 0 Å². The number of hydrogen-bond donors (Lipinski definition) is 1. The van der Waals surface area contributed by atoms with E-state index in [1.54, 1.807) is 12.1 Å². The first-order valence-corrected chi connectivity index (χ1v) is 7.70. The standard InChI is InChI=1S/C16H20ClN3O/c1-11-14(10-20-7-5-19(2)6-8-20)16(21)13-9-12(17)3-4-15(13)18-11/h3-4,9H,5-8,10H2,1-2H3,(H,18,21). The average molecular weight is 306 g/mol. The van der Waals surface area contributed by atoms with Gasteiger partial charge in [0.1, 0.15) is 6.54 Å². The third kappa shape index (κ3) is 2.98. The van der Waals surface area contributed by atoms with Crippen LogP contribution in [0.1, 0.15) is 11.3 Å². The maximum atomic E-state index is 12.7. The molecule has 0 saturated carbocycles. The quantitative estimate of drug-likeness (QED) is 0.884. The summed E-state index contributed by atoms with van der Waals surface area (Å²) >= 11 is 6.01. The van der Waals surface area contributed by atoms with Gasteiger partial charge in [0, 0.05) is 29.4 Å². The van der Waals surface area contributed by atoms with Gasteiger partial charge in [0.05, 0.1) is 18.6 Å². The van der Waals surface area contributed by atoms with Crippen LogP contribution in [-0.2, 0) is 6.54 Å². The number of hydrogen-bond acceptors (Lipinski definition) is 3. The van der Waals surface area contributed by atoms with Crippen LogP contribution in [0, 0.1) is 6.92 Å². The van der Waals surface area contributed by atoms with Crippen LogP contribution in [0.5, 0.6) is 5.75 Å². The van der Waals surface area contributed by atoms with E-state index >= 15 is 0 Å². The molecule has 3 rings (SSSR count). The molecule has 0 aliphatic carbocycles. The molecule has 1 N–H and O–H groups in total. The fraction of sp³-hybridized carbons (Fsp3) is 0.438. The molecule has 0 atom stereocenters. The molecule has 0 amide bonds. The van der Waals surface area contributed by atoms with Crippen molar-refractivity contribution in [1.82, 2.24) is 9.88 Å². The normalized spacial score (nSPS) is 17.5. The zero-order valence-electron chi connectivity index (χ0n) is 12.4. The highest BCUT2D eigenvalue weighted by Crippen LogP contribution is 2.28. The lowest BCUT2D eigenvalue weighted by molar-refractivity contribution is -0.918. The second-order valence-corrected chi connectivity index (χ2v) is 6.33. The Morgan fingerprint density at radius 2 is 2.05 bits per heavy atom. The van der Waals surface area contributed by atoms with Crippen LogP contribution in [0.2, 0.25) is 5.02 Å². The molecule has 0 bridgehead atoms. The molecule has 1 fully saturated rings. The first kappa shape index (κ1) is 14.6. The van der Waals surface area contributed by atoms with E-state index in [1.165, 1.54) is 4.90 Å². The molecule has 1 aliphatic rings. The molecule has 0 unspecified atom stereocenters. The van der Waals surface area contributed by atoms with Crippen molar-refractivity contribution in [1.29, 1.82) is 0 Å². The maximum Gasteiger partial charge on any atom is 0.104 e. The third-order valence-corrected chi connectivity index (χ3v) is 4.56. The van der Waals surface area contributed by atoms with Gasteiger partial charge in [0.15, 0.2) is 0 Å². The number of rotatable bonds is 2. The highest BCUT2D eigenvalue weighted by molar-refractivity contribution is 6.31. The second kappa shape index (κ2) is 5.79. The maximum absolute atomic E-state index is 12.7. The predicted octanol–water partition coefficient (Wildman–Crippen LogP) is 0.601. The number of pyridine rings is 1. The Labute approximate surface area is 129 Å². The van der Waals surface area contributed by atoms with Crippen molar-refractivity contribution in [3.63, 3.8) is 0 Å². The first-order valence-electron chi connectivity index (χ1n) is 7.32. The van der Waals surface area contributed by atoms with E-state index in [4.69, 9.17) is 11.6 Å². The number of aryl methyl sites for hydroxylation is 1. The van der Waals surface area contributed by atoms with Crippen LogP contribution in [0.25, 0.3) is 10.9 Å². The number of likely N-dealkylation sites (N-methyl/N-ethyl adjacent to an activating group) is 1. The van der Waals surface area contributed by atoms with Gasteiger partial charge >= 0.3 is 0 Å². The summed E-state index contributed by atoms with van der Waals surface area (Å²) in [6.07, 6.45) is 0. The van der Waals surface area contributed by atoms with E-state index in [0.29, 0.717) is 10.4 Å². The molecular formula is C16H20ClN3O. The summed E-state index contributed by atoms with van der Waals surface area (Å²) in [5, 5.41) is 13.9. The van der Waals surface area contributed by atoms with E-state index in [9.17, 15) is 5.11 Å². The number of benzene rings is 1. The molecule has 4 nitrogen and oxygen atoms in total. The van der Waals surface area contributed by atoms with E-state index in [-0.39, 0.29) is 5.75 Å². The van der Waals surface area contributed by atoms with Crippen LogP contribution in [0.15, 0.2) is 18.2 Å². The molecule has 1 saturated heterocycles. The first-order chi connectivity index (χ1) is 10.0. The minimum atomic E-state index is 0.0893. The number of nitrogens with one attached hydrogen (secondary N) is 1. The smallest absolute Gasteiger partial charge is 0.104 e. The molecule has 1 aliphatic heterocycles. The SMILES string of the molecule is Cc1nc2ccc(Cl)cc2c([O-])c1C[NH+]1CCN(C)CC1. The highest BCUT2D eigenvalue weighted by Gasteiger charge is 2.19. The molecule has 21 heavy (non-hydrogen) atoms. The zero-order chi connectivity index (χ0) is 15.0. The zero-order valence-corrected chi connectivity index (χ0v) is 13.2. The van der Waals surface area contributed by atoms with Crippen LogP contribution in [0.4, 0.5) is 0 Å². The summed E-state index contributed by atoms with van der Waals surface area (Å²) in [4.78, 5) is 8.36. The second-order valence-electron chi connectivity index (χ2n) is 5.90. The van der Waals surface area contributed by atoms with Gasteiger partial charge < -0.3 is 10.0 Å². The third-order valence-electron chi connectivity index (χ3n) is 4.32. The summed E-state index contributed by atoms with van der Waals surface area (Å²) in [5.41, 5.74) is 2.42. The van der Waals surface area contributed by atoms with Crippen molar-refractivity contribution >= 4 is 22.5 Å². The Hall–Kier alpha value is -1.36. The monoisotopic (exact) mass is 305 g/mol. The van der Waals surface area contributed by atoms with Gasteiger partial charge in [-0.25, -0.2) is 0 Å². The lowest BCUT2D eigenvalue weighted by atomic mass is 10.1. The number of piperazine rings is 1. The van der Waals surface area contributed by atoms with Crippen molar-refractivity contribution in [3.05, 3.63) is 34.5 Å². The van der Waals surface area contributed by atoms with Crippen LogP contribution in [0.3, 0.4) is 0 Å². The summed E-state index contributed by atoms with van der Waals surface area (Å²) in [5.74, 6) is 0.0893. The number of halogens is 1. The largest absolute Gasteiger partial charge is 0.872 e. The Bertz CT molecular complexity index is 666. The van der Waals surface area contributed by atoms with Gasteiger partial charge in [-0.05, 0) is 37.6 Å². The van der Waals surface area contributed by atoms with E-state index in [0.717, 1.165) is 49.5 Å². The van der Waals surface area contributed by atoms with E-state index in [1.807, 2.05) is 13.0 Å². The summed E-state index contributed by atoms with van der Waals surface area (Å²) in [6, 6.07) is 5.33. The number of aromatic nitrogens is 1. The van der Waals surface area contributed by atoms with Crippen molar-refractivity contribution in [3.8, 4) is 5.75 Å². The molecule has 112 valence electrons. The number of fused-ring (bicyclic) bond motifs is 1. The minimum Gasteiger partial charge on any atom is -0.872 e. The van der Waals surface area contributed by atoms with Crippen molar-refractivity contribution < 1.29 is 10.0 Å². The number of nitrogens with zero attached hydrogens (tertiary/aromatic N) is 2. The van der Waals surface area contributed by atoms with Crippen molar-refractivity contribution in [2.75, 3.05) is 33.2 Å². The number of quaternary nitrogens is 1. The lowest BCUT2D eigenvalue weighted by Gasteiger charge is -2.31. The summed E-state index contributed by atoms with van der Waals surface area (Å²) in [7, 11) is 2.14. The van der Waals surface area contributed by atoms with Gasteiger partial charge in [-0.1, -0.05) is 17.4 Å². The molecule has 1 aromatic heterocycles. The fourth-order valence-corrected chi connectivity index (χ4v) is 3.10. The van der Waals surface area contributed by atoms with E-state index < -0.39 is 0 Å². The molecule has 0 spiro atoms. The van der Waals surface area contributed by atoms with Crippen LogP contribution in [-0.4, -0.2) is 43.1 Å². The summed E-state index contributed by atoms with van der Waals surface area (Å²) < 4.78 is 0. The molecular weight excluding hydrogens is 286 g/mol. The molecule has 2 aromatic rings. The van der Waals surface area contributed by atoms with Gasteiger partial charge in [0.2, 0.25) is 0 Å². The topological polar surface area (TPSA) is 43.6 Å². The predicted molar refractivity (Wildman–Crippen MR) is 82.8 cm³/mol. The van der Waals surface area contributed by atoms with E-state index in [2.05, 4.69) is 16.9 Å². The van der Waals surface area contributed by atoms with Gasteiger partial charge in [0.25, 0.3) is 0 Å². The molecule has 0 radical (unpaired) electrons. The Kier molecular flexibility index (Phi) is 4.02. The van der Waals surface area contributed by atoms with Crippen molar-refractivity contribution in [2.45, 2.75) is 13.5 Å². The molecule has 2 heterocycles. The molecule has 5 heteroatoms. The van der Waals surface area contributed by atoms with Gasteiger partial charge in [-0.3, -0.25) is 9.88 Å². The van der Waals surface area contributed by atoms with Crippen LogP contribution < -0.4 is 10.0 Å². The van der Waals surface area contributed by atoms with Crippen molar-refractivity contribution in [2.24, 2.45) is 0 Å². The fourth-order valence-electron chi connectivity index (χ4n) is 2.93. The van der Waals surface area contributed by atoms with Gasteiger partial charge in [-0.15, -0.1) is 0 Å². The van der Waals surface area contributed by atoms with Crippen LogP contribution >= 0.6 is 11.6 Å². The Morgan fingerprint density at radius 1 is 1.33 bits per heavy atom. The lowest BCUT2D eigenvalue weighted by Crippen LogP contribution is -3.13. The Balaban J connectivity index is 1.94. The average Bonchev–Trinajstić information content (AvgIpc) is 2.46. The Morgan fingerprint density at radius 3 is 2.76 bits per heavy atom.